The minimum absolute atomic E-state index is 0.0134. The highest BCUT2D eigenvalue weighted by molar-refractivity contribution is 7.89. The molecule has 1 N–H and O–H groups in total. The van der Waals surface area contributed by atoms with Crippen LogP contribution in [0, 0.1) is 0 Å². The third-order valence-electron chi connectivity index (χ3n) is 5.94. The number of nitrogens with one attached hydrogen (secondary N) is 1. The van der Waals surface area contributed by atoms with E-state index in [1.165, 1.54) is 18.4 Å². The van der Waals surface area contributed by atoms with Crippen molar-refractivity contribution >= 4 is 44.2 Å². The molecule has 0 bridgehead atoms. The summed E-state index contributed by atoms with van der Waals surface area (Å²) in [5.41, 5.74) is 4.02. The molecule has 2 heterocycles. The Morgan fingerprint density at radius 3 is 2.61 bits per heavy atom. The molecule has 174 valence electrons. The first-order chi connectivity index (χ1) is 15.6. The minimum atomic E-state index is -3.55. The molecule has 0 saturated heterocycles. The molecule has 0 aliphatic carbocycles. The van der Waals surface area contributed by atoms with Gasteiger partial charge in [0, 0.05) is 58.8 Å². The molecule has 3 aromatic rings. The van der Waals surface area contributed by atoms with Gasteiger partial charge in [0.25, 0.3) is 0 Å². The number of benzene rings is 2. The van der Waals surface area contributed by atoms with Gasteiger partial charge in [0.05, 0.1) is 15.9 Å². The number of carbonyl (C=O) groups is 2. The van der Waals surface area contributed by atoms with Crippen molar-refractivity contribution < 1.29 is 18.0 Å². The van der Waals surface area contributed by atoms with Crippen LogP contribution in [0.25, 0.3) is 11.0 Å². The summed E-state index contributed by atoms with van der Waals surface area (Å²) in [6.45, 7) is 2.21. The zero-order valence-electron chi connectivity index (χ0n) is 19.1. The lowest BCUT2D eigenvalue weighted by atomic mass is 10.1. The highest BCUT2D eigenvalue weighted by Crippen LogP contribution is 2.30. The molecule has 1 aromatic heterocycles. The van der Waals surface area contributed by atoms with Gasteiger partial charge in [0.15, 0.2) is 0 Å². The summed E-state index contributed by atoms with van der Waals surface area (Å²) in [6.07, 6.45) is 1.41. The number of imidazole rings is 1. The lowest BCUT2D eigenvalue weighted by molar-refractivity contribution is -0.117. The molecule has 0 atom stereocenters. The van der Waals surface area contributed by atoms with E-state index in [0.717, 1.165) is 23.2 Å². The van der Waals surface area contributed by atoms with E-state index < -0.39 is 10.0 Å². The number of anilines is 2. The van der Waals surface area contributed by atoms with E-state index in [0.29, 0.717) is 30.0 Å². The summed E-state index contributed by atoms with van der Waals surface area (Å²) in [4.78, 5) is 30.7. The van der Waals surface area contributed by atoms with Gasteiger partial charge in [0.1, 0.15) is 5.82 Å². The standard InChI is InChI=1S/C23H27N5O4S/c1-15(29)28-12-11-16-13-17(5-7-20(16)28)24-23(30)10-9-22-25-19-14-18(33(31,32)26(2)3)6-8-21(19)27(22)4/h5-8,13-14H,9-12H2,1-4H3,(H,24,30). The predicted molar refractivity (Wildman–Crippen MR) is 127 cm³/mol. The monoisotopic (exact) mass is 469 g/mol. The first-order valence-electron chi connectivity index (χ1n) is 10.7. The summed E-state index contributed by atoms with van der Waals surface area (Å²) < 4.78 is 27.8. The first kappa shape index (κ1) is 22.9. The van der Waals surface area contributed by atoms with Crippen LogP contribution in [0.15, 0.2) is 41.3 Å². The predicted octanol–water partition coefficient (Wildman–Crippen LogP) is 2.30. The van der Waals surface area contributed by atoms with Crippen molar-refractivity contribution in [3.8, 4) is 0 Å². The van der Waals surface area contributed by atoms with Crippen molar-refractivity contribution in [3.05, 3.63) is 47.8 Å². The maximum absolute atomic E-state index is 12.5. The lowest BCUT2D eigenvalue weighted by Crippen LogP contribution is -2.25. The molecule has 10 heteroatoms. The van der Waals surface area contributed by atoms with E-state index in [2.05, 4.69) is 10.3 Å². The van der Waals surface area contributed by atoms with E-state index in [9.17, 15) is 18.0 Å². The SMILES string of the molecule is CC(=O)N1CCc2cc(NC(=O)CCc3nc4cc(S(=O)(=O)N(C)C)ccc4n3C)ccc21. The fourth-order valence-corrected chi connectivity index (χ4v) is 5.00. The number of rotatable bonds is 6. The van der Waals surface area contributed by atoms with Crippen LogP contribution in [0.4, 0.5) is 11.4 Å². The second kappa shape index (κ2) is 8.60. The second-order valence-electron chi connectivity index (χ2n) is 8.34. The number of carbonyl (C=O) groups excluding carboxylic acids is 2. The van der Waals surface area contributed by atoms with Gasteiger partial charge in [-0.3, -0.25) is 9.59 Å². The molecule has 2 amide bonds. The molecule has 0 radical (unpaired) electrons. The molecule has 0 unspecified atom stereocenters. The minimum Gasteiger partial charge on any atom is -0.331 e. The topological polar surface area (TPSA) is 105 Å². The van der Waals surface area contributed by atoms with Crippen molar-refractivity contribution in [1.82, 2.24) is 13.9 Å². The number of hydrogen-bond acceptors (Lipinski definition) is 5. The van der Waals surface area contributed by atoms with Crippen LogP contribution in [0.3, 0.4) is 0 Å². The molecule has 33 heavy (non-hydrogen) atoms. The van der Waals surface area contributed by atoms with Crippen molar-refractivity contribution in [3.63, 3.8) is 0 Å². The Hall–Kier alpha value is -3.24. The summed E-state index contributed by atoms with van der Waals surface area (Å²) in [7, 11) is 1.28. The molecule has 4 rings (SSSR count). The molecule has 9 nitrogen and oxygen atoms in total. The number of fused-ring (bicyclic) bond motifs is 2. The van der Waals surface area contributed by atoms with Gasteiger partial charge in [-0.1, -0.05) is 0 Å². The van der Waals surface area contributed by atoms with E-state index in [-0.39, 0.29) is 23.1 Å². The summed E-state index contributed by atoms with van der Waals surface area (Å²) >= 11 is 0. The summed E-state index contributed by atoms with van der Waals surface area (Å²) in [5.74, 6) is 0.573. The number of amides is 2. The van der Waals surface area contributed by atoms with Gasteiger partial charge in [-0.05, 0) is 48.4 Å². The highest BCUT2D eigenvalue weighted by atomic mass is 32.2. The van der Waals surface area contributed by atoms with Crippen molar-refractivity contribution in [2.45, 2.75) is 31.1 Å². The highest BCUT2D eigenvalue weighted by Gasteiger charge is 2.23. The molecule has 0 saturated carbocycles. The van der Waals surface area contributed by atoms with Crippen LogP contribution in [-0.4, -0.2) is 54.7 Å². The molecule has 0 spiro atoms. The third kappa shape index (κ3) is 4.36. The largest absolute Gasteiger partial charge is 0.331 e. The Balaban J connectivity index is 1.45. The van der Waals surface area contributed by atoms with E-state index in [1.54, 1.807) is 36.1 Å². The van der Waals surface area contributed by atoms with Gasteiger partial charge in [-0.2, -0.15) is 0 Å². The van der Waals surface area contributed by atoms with Crippen LogP contribution in [0.1, 0.15) is 24.7 Å². The van der Waals surface area contributed by atoms with Crippen LogP contribution in [-0.2, 0) is 39.5 Å². The lowest BCUT2D eigenvalue weighted by Gasteiger charge is -2.15. The zero-order valence-corrected chi connectivity index (χ0v) is 19.9. The second-order valence-corrected chi connectivity index (χ2v) is 10.5. The summed E-state index contributed by atoms with van der Waals surface area (Å²) in [6, 6.07) is 10.4. The quantitative estimate of drug-likeness (QED) is 0.597. The van der Waals surface area contributed by atoms with Crippen molar-refractivity contribution in [2.75, 3.05) is 30.9 Å². The Kier molecular flexibility index (Phi) is 5.98. The fourth-order valence-electron chi connectivity index (χ4n) is 4.08. The van der Waals surface area contributed by atoms with Crippen molar-refractivity contribution in [2.24, 2.45) is 7.05 Å². The molecular formula is C23H27N5O4S. The molecule has 0 fully saturated rings. The molecular weight excluding hydrogens is 442 g/mol. The Labute approximate surface area is 193 Å². The maximum Gasteiger partial charge on any atom is 0.242 e. The number of aryl methyl sites for hydroxylation is 2. The van der Waals surface area contributed by atoms with Gasteiger partial charge in [0.2, 0.25) is 21.8 Å². The summed E-state index contributed by atoms with van der Waals surface area (Å²) in [5, 5.41) is 2.92. The normalized spacial score (nSPS) is 13.5. The van der Waals surface area contributed by atoms with E-state index >= 15 is 0 Å². The number of hydrogen-bond donors (Lipinski definition) is 1. The number of sulfonamides is 1. The average Bonchev–Trinajstić information content (AvgIpc) is 3.32. The van der Waals surface area contributed by atoms with Crippen LogP contribution in [0.5, 0.6) is 0 Å². The van der Waals surface area contributed by atoms with Gasteiger partial charge >= 0.3 is 0 Å². The van der Waals surface area contributed by atoms with Gasteiger partial charge in [-0.15, -0.1) is 0 Å². The zero-order chi connectivity index (χ0) is 23.9. The Bertz CT molecular complexity index is 1360. The maximum atomic E-state index is 12.5. The van der Waals surface area contributed by atoms with Crippen molar-refractivity contribution in [1.29, 1.82) is 0 Å². The fraction of sp³-hybridized carbons (Fsp3) is 0.348. The van der Waals surface area contributed by atoms with Gasteiger partial charge in [-0.25, -0.2) is 17.7 Å². The Morgan fingerprint density at radius 2 is 1.91 bits per heavy atom. The Morgan fingerprint density at radius 1 is 1.15 bits per heavy atom. The van der Waals surface area contributed by atoms with Crippen LogP contribution >= 0.6 is 0 Å². The van der Waals surface area contributed by atoms with E-state index in [1.807, 2.05) is 23.7 Å². The van der Waals surface area contributed by atoms with E-state index in [4.69, 9.17) is 0 Å². The van der Waals surface area contributed by atoms with Crippen LogP contribution < -0.4 is 10.2 Å². The molecule has 1 aliphatic rings. The first-order valence-corrected chi connectivity index (χ1v) is 12.1. The number of aromatic nitrogens is 2. The van der Waals surface area contributed by atoms with Crippen LogP contribution in [0.2, 0.25) is 0 Å². The number of nitrogens with zero attached hydrogens (tertiary/aromatic N) is 4. The molecule has 1 aliphatic heterocycles. The third-order valence-corrected chi connectivity index (χ3v) is 7.75. The average molecular weight is 470 g/mol. The van der Waals surface area contributed by atoms with Gasteiger partial charge < -0.3 is 14.8 Å². The smallest absolute Gasteiger partial charge is 0.242 e. The molecule has 2 aromatic carbocycles.